The minimum absolute atomic E-state index is 0.0103. The molecule has 1 aliphatic rings. The number of benzene rings is 2. The Morgan fingerprint density at radius 2 is 1.72 bits per heavy atom. The van der Waals surface area contributed by atoms with Gasteiger partial charge in [-0.25, -0.2) is 18.7 Å². The van der Waals surface area contributed by atoms with Gasteiger partial charge in [0.25, 0.3) is 5.91 Å². The number of aromatic amines is 1. The summed E-state index contributed by atoms with van der Waals surface area (Å²) >= 11 is 0. The Morgan fingerprint density at radius 3 is 2.28 bits per heavy atom. The first kappa shape index (κ1) is 41.6. The SMILES string of the molecule is CC(C)=CCCF.CCC.CNC.Cc1cc2c(F)c(Oc3ncnc(Nc4ccc(N5CCNCC5)c(F)c4)c3C(=O)N(C)C)ccc2[nH]1. The number of H-pyrrole nitrogens is 1. The van der Waals surface area contributed by atoms with Crippen LogP contribution in [-0.4, -0.2) is 86.8 Å². The van der Waals surface area contributed by atoms with Crippen LogP contribution < -0.4 is 25.6 Å². The summed E-state index contributed by atoms with van der Waals surface area (Å²) in [6.45, 7) is 12.8. The zero-order valence-corrected chi connectivity index (χ0v) is 30.8. The predicted octanol–water partition coefficient (Wildman–Crippen LogP) is 7.76. The summed E-state index contributed by atoms with van der Waals surface area (Å²) in [4.78, 5) is 27.8. The lowest BCUT2D eigenvalue weighted by Gasteiger charge is -2.29. The topological polar surface area (TPSA) is 110 Å². The number of nitrogens with one attached hydrogen (secondary N) is 4. The molecule has 1 amide bonds. The van der Waals surface area contributed by atoms with Gasteiger partial charge in [-0.2, -0.15) is 0 Å². The zero-order chi connectivity index (χ0) is 37.2. The highest BCUT2D eigenvalue weighted by atomic mass is 19.1. The van der Waals surface area contributed by atoms with Crippen molar-refractivity contribution in [2.45, 2.75) is 47.5 Å². The molecule has 0 atom stereocenters. The second-order valence-electron chi connectivity index (χ2n) is 12.0. The van der Waals surface area contributed by atoms with Crippen molar-refractivity contribution in [2.24, 2.45) is 0 Å². The molecule has 0 radical (unpaired) electrons. The number of aromatic nitrogens is 3. The average molecular weight is 699 g/mol. The first-order chi connectivity index (χ1) is 23.9. The number of halogens is 3. The van der Waals surface area contributed by atoms with Crippen LogP contribution in [0.4, 0.5) is 30.4 Å². The van der Waals surface area contributed by atoms with Crippen LogP contribution in [0.15, 0.2) is 54.4 Å². The van der Waals surface area contributed by atoms with Crippen molar-refractivity contribution in [1.82, 2.24) is 30.5 Å². The van der Waals surface area contributed by atoms with Crippen molar-refractivity contribution in [2.75, 3.05) is 71.3 Å². The number of carbonyl (C=O) groups excluding carboxylic acids is 1. The maximum Gasteiger partial charge on any atom is 0.262 e. The molecular formula is C37H53F3N8O2. The quantitative estimate of drug-likeness (QED) is 0.138. The second-order valence-corrected chi connectivity index (χ2v) is 12.0. The predicted molar refractivity (Wildman–Crippen MR) is 199 cm³/mol. The van der Waals surface area contributed by atoms with E-state index in [4.69, 9.17) is 4.74 Å². The van der Waals surface area contributed by atoms with Gasteiger partial charge in [0.2, 0.25) is 5.88 Å². The molecule has 2 aromatic heterocycles. The van der Waals surface area contributed by atoms with Crippen LogP contribution in [0.25, 0.3) is 10.9 Å². The standard InChI is InChI=1S/C26H27F2N7O2.C6H11F.C3H8.C2H7N/c1-15-12-17-19(32-15)5-7-21(23(17)28)37-25-22(26(36)34(2)3)24(30-14-31-25)33-16-4-6-20(18(27)13-16)35-10-8-29-9-11-35;1-6(2)4-3-5-7;2*1-3-2/h4-7,12-14,29,32H,8-11H2,1-3H3,(H,30,31,33);4H,3,5H2,1-2H3;3H2,1-2H3;3H,1-2H3. The molecule has 2 aromatic carbocycles. The largest absolute Gasteiger partial charge is 0.435 e. The van der Waals surface area contributed by atoms with Crippen LogP contribution >= 0.6 is 0 Å². The Balaban J connectivity index is 0.000000574. The molecule has 1 fully saturated rings. The Labute approximate surface area is 294 Å². The number of anilines is 3. The number of hydrogen-bond acceptors (Lipinski definition) is 8. The summed E-state index contributed by atoms with van der Waals surface area (Å²) in [6.07, 6.45) is 4.91. The summed E-state index contributed by atoms with van der Waals surface area (Å²) < 4.78 is 47.3. The second kappa shape index (κ2) is 21.5. The number of amides is 1. The van der Waals surface area contributed by atoms with E-state index in [1.807, 2.05) is 45.8 Å². The third-order valence-electron chi connectivity index (χ3n) is 6.81. The Morgan fingerprint density at radius 1 is 1.06 bits per heavy atom. The third-order valence-corrected chi connectivity index (χ3v) is 6.81. The summed E-state index contributed by atoms with van der Waals surface area (Å²) in [6, 6.07) is 9.60. The van der Waals surface area contributed by atoms with Crippen molar-refractivity contribution in [3.63, 3.8) is 0 Å². The lowest BCUT2D eigenvalue weighted by atomic mass is 10.2. The molecule has 274 valence electrons. The van der Waals surface area contributed by atoms with Gasteiger partial charge in [-0.1, -0.05) is 31.9 Å². The monoisotopic (exact) mass is 698 g/mol. The zero-order valence-electron chi connectivity index (χ0n) is 30.8. The van der Waals surface area contributed by atoms with Gasteiger partial charge in [-0.15, -0.1) is 0 Å². The minimum Gasteiger partial charge on any atom is -0.435 e. The molecule has 0 spiro atoms. The number of alkyl halides is 1. The van der Waals surface area contributed by atoms with Gasteiger partial charge in [0, 0.05) is 62.6 Å². The van der Waals surface area contributed by atoms with Crippen LogP contribution in [0, 0.1) is 18.6 Å². The fourth-order valence-corrected chi connectivity index (χ4v) is 4.66. The van der Waals surface area contributed by atoms with Gasteiger partial charge in [0.15, 0.2) is 17.4 Å². The lowest BCUT2D eigenvalue weighted by molar-refractivity contribution is 0.0824. The number of nitrogens with zero attached hydrogens (tertiary/aromatic N) is 4. The highest BCUT2D eigenvalue weighted by Gasteiger charge is 2.25. The van der Waals surface area contributed by atoms with E-state index in [-0.39, 0.29) is 29.7 Å². The van der Waals surface area contributed by atoms with E-state index in [9.17, 15) is 13.6 Å². The fraction of sp³-hybridized carbons (Fsp3) is 0.432. The molecule has 0 bridgehead atoms. The van der Waals surface area contributed by atoms with E-state index in [1.54, 1.807) is 38.4 Å². The number of ether oxygens (including phenoxy) is 1. The average Bonchev–Trinajstić information content (AvgIpc) is 3.47. The van der Waals surface area contributed by atoms with Crippen LogP contribution in [0.3, 0.4) is 0 Å². The molecule has 3 heterocycles. The van der Waals surface area contributed by atoms with Crippen molar-refractivity contribution in [1.29, 1.82) is 0 Å². The number of fused-ring (bicyclic) bond motifs is 1. The van der Waals surface area contributed by atoms with Crippen LogP contribution in [0.5, 0.6) is 11.6 Å². The first-order valence-electron chi connectivity index (χ1n) is 16.7. The Bertz CT molecular complexity index is 1660. The molecule has 5 rings (SSSR count). The summed E-state index contributed by atoms with van der Waals surface area (Å²) in [5.41, 5.74) is 3.52. The van der Waals surface area contributed by atoms with Crippen LogP contribution in [-0.2, 0) is 0 Å². The highest BCUT2D eigenvalue weighted by Crippen LogP contribution is 2.34. The van der Waals surface area contributed by atoms with Crippen molar-refractivity contribution in [3.8, 4) is 11.6 Å². The van der Waals surface area contributed by atoms with Crippen molar-refractivity contribution < 1.29 is 22.7 Å². The molecule has 0 unspecified atom stereocenters. The minimum atomic E-state index is -0.580. The number of aryl methyl sites for hydroxylation is 1. The van der Waals surface area contributed by atoms with E-state index in [2.05, 4.69) is 44.7 Å². The maximum absolute atomic E-state index is 15.2. The van der Waals surface area contributed by atoms with Gasteiger partial charge in [0.1, 0.15) is 17.7 Å². The summed E-state index contributed by atoms with van der Waals surface area (Å²) in [5, 5.41) is 9.36. The summed E-state index contributed by atoms with van der Waals surface area (Å²) in [7, 11) is 6.89. The van der Waals surface area contributed by atoms with Gasteiger partial charge in [0.05, 0.1) is 12.4 Å². The molecule has 10 nitrogen and oxygen atoms in total. The molecule has 4 aromatic rings. The number of rotatable bonds is 8. The smallest absolute Gasteiger partial charge is 0.262 e. The van der Waals surface area contributed by atoms with E-state index >= 15 is 4.39 Å². The van der Waals surface area contributed by atoms with E-state index in [1.165, 1.54) is 35.4 Å². The highest BCUT2D eigenvalue weighted by molar-refractivity contribution is 6.01. The maximum atomic E-state index is 15.2. The molecule has 1 aliphatic heterocycles. The Hall–Kier alpha value is -4.62. The fourth-order valence-electron chi connectivity index (χ4n) is 4.66. The normalized spacial score (nSPS) is 12.0. The summed E-state index contributed by atoms with van der Waals surface area (Å²) in [5.74, 6) is -1.54. The van der Waals surface area contributed by atoms with E-state index in [0.29, 0.717) is 41.8 Å². The molecule has 13 heteroatoms. The third kappa shape index (κ3) is 12.4. The molecule has 1 saturated heterocycles. The molecule has 0 saturated carbocycles. The molecule has 4 N–H and O–H groups in total. The van der Waals surface area contributed by atoms with Crippen LogP contribution in [0.2, 0.25) is 0 Å². The number of carbonyl (C=O) groups is 1. The van der Waals surface area contributed by atoms with Gasteiger partial charge in [-0.05, 0) is 77.7 Å². The first-order valence-corrected chi connectivity index (χ1v) is 16.7. The lowest BCUT2D eigenvalue weighted by Crippen LogP contribution is -2.43. The van der Waals surface area contributed by atoms with Gasteiger partial charge in [-0.3, -0.25) is 9.18 Å². The molecule has 50 heavy (non-hydrogen) atoms. The van der Waals surface area contributed by atoms with Crippen LogP contribution in [0.1, 0.15) is 56.6 Å². The van der Waals surface area contributed by atoms with Crippen molar-refractivity contribution >= 4 is 34.0 Å². The molecular weight excluding hydrogens is 645 g/mol. The number of piperazine rings is 1. The van der Waals surface area contributed by atoms with E-state index in [0.717, 1.165) is 18.8 Å². The van der Waals surface area contributed by atoms with Gasteiger partial charge < -0.3 is 35.5 Å². The number of hydrogen-bond donors (Lipinski definition) is 4. The number of allylic oxidation sites excluding steroid dienone is 2. The Kier molecular flexibility index (Phi) is 17.8. The molecule has 0 aliphatic carbocycles. The van der Waals surface area contributed by atoms with Gasteiger partial charge >= 0.3 is 0 Å². The van der Waals surface area contributed by atoms with E-state index < -0.39 is 17.5 Å². The van der Waals surface area contributed by atoms with Crippen molar-refractivity contribution in [3.05, 3.63) is 77.3 Å².